The highest BCUT2D eigenvalue weighted by Gasteiger charge is 2.40. The molecule has 30 heavy (non-hydrogen) atoms. The Morgan fingerprint density at radius 3 is 2.30 bits per heavy atom. The summed E-state index contributed by atoms with van der Waals surface area (Å²) in [6, 6.07) is 11.4. The molecule has 6 heteroatoms. The Morgan fingerprint density at radius 2 is 1.57 bits per heavy atom. The van der Waals surface area contributed by atoms with Gasteiger partial charge in [0, 0.05) is 30.2 Å². The molecule has 1 saturated carbocycles. The lowest BCUT2D eigenvalue weighted by Crippen LogP contribution is -2.57. The normalized spacial score (nSPS) is 21.9. The molecule has 1 aliphatic carbocycles. The van der Waals surface area contributed by atoms with Gasteiger partial charge in [-0.2, -0.15) is 0 Å². The molecule has 4 amide bonds. The summed E-state index contributed by atoms with van der Waals surface area (Å²) in [5, 5.41) is 4.47. The molecule has 6 nitrogen and oxygen atoms in total. The molecule has 2 saturated heterocycles. The van der Waals surface area contributed by atoms with E-state index in [2.05, 4.69) is 22.3 Å². The molecule has 2 aliphatic heterocycles. The highest BCUT2D eigenvalue weighted by molar-refractivity contribution is 6.31. The maximum atomic E-state index is 13.1. The van der Waals surface area contributed by atoms with Gasteiger partial charge in [0.25, 0.3) is 11.8 Å². The Morgan fingerprint density at radius 1 is 0.867 bits per heavy atom. The monoisotopic (exact) mass is 403 g/mol. The third-order valence-corrected chi connectivity index (χ3v) is 6.50. The molecule has 0 atom stereocenters. The number of urea groups is 1. The topological polar surface area (TPSA) is 69.7 Å². The average molecular weight is 403 g/mol. The van der Waals surface area contributed by atoms with Gasteiger partial charge in [0.15, 0.2) is 0 Å². The minimum absolute atomic E-state index is 0.0283. The van der Waals surface area contributed by atoms with Gasteiger partial charge in [-0.3, -0.25) is 19.8 Å². The van der Waals surface area contributed by atoms with Crippen LogP contribution in [0.4, 0.5) is 10.5 Å². The first-order valence-electron chi connectivity index (χ1n) is 10.8. The van der Waals surface area contributed by atoms with Crippen molar-refractivity contribution in [1.82, 2.24) is 10.2 Å². The van der Waals surface area contributed by atoms with Gasteiger partial charge in [-0.25, -0.2) is 4.79 Å². The van der Waals surface area contributed by atoms with Gasteiger partial charge in [0.2, 0.25) is 0 Å². The number of benzene rings is 2. The lowest BCUT2D eigenvalue weighted by Gasteiger charge is -2.31. The number of hydrogen-bond donors (Lipinski definition) is 1. The number of rotatable bonds is 3. The molecule has 0 bridgehead atoms. The zero-order valence-electron chi connectivity index (χ0n) is 16.9. The average Bonchev–Trinajstić information content (AvgIpc) is 3.45. The van der Waals surface area contributed by atoms with Crippen molar-refractivity contribution in [3.63, 3.8) is 0 Å². The Hall–Kier alpha value is -3.15. The van der Waals surface area contributed by atoms with Gasteiger partial charge in [0.1, 0.15) is 5.57 Å². The van der Waals surface area contributed by atoms with Gasteiger partial charge < -0.3 is 4.90 Å². The minimum Gasteiger partial charge on any atom is -0.371 e. The molecule has 2 aromatic carbocycles. The number of fused-ring (bicyclic) bond motifs is 1. The maximum Gasteiger partial charge on any atom is 0.331 e. The second-order valence-corrected chi connectivity index (χ2v) is 8.34. The molecule has 0 unspecified atom stereocenters. The summed E-state index contributed by atoms with van der Waals surface area (Å²) < 4.78 is 0. The fourth-order valence-corrected chi connectivity index (χ4v) is 4.99. The lowest BCUT2D eigenvalue weighted by molar-refractivity contribution is -0.131. The second kappa shape index (κ2) is 7.59. The van der Waals surface area contributed by atoms with E-state index in [1.807, 2.05) is 24.3 Å². The number of carbonyl (C=O) groups excluding carboxylic acids is 3. The van der Waals surface area contributed by atoms with Crippen LogP contribution in [-0.4, -0.2) is 41.9 Å². The SMILES string of the molecule is O=C1NC(=O)N(C2CCCC2)C(=O)/C1=C/c1ccc(N2CCCC2)c2ccccc12. The van der Waals surface area contributed by atoms with Crippen molar-refractivity contribution in [2.24, 2.45) is 0 Å². The van der Waals surface area contributed by atoms with Crippen LogP contribution in [0.25, 0.3) is 16.8 Å². The fourth-order valence-electron chi connectivity index (χ4n) is 4.99. The minimum atomic E-state index is -0.619. The van der Waals surface area contributed by atoms with Crippen LogP contribution >= 0.6 is 0 Å². The highest BCUT2D eigenvalue weighted by atomic mass is 16.2. The molecule has 2 heterocycles. The first-order chi connectivity index (χ1) is 14.6. The van der Waals surface area contributed by atoms with E-state index < -0.39 is 17.8 Å². The van der Waals surface area contributed by atoms with E-state index in [9.17, 15) is 14.4 Å². The van der Waals surface area contributed by atoms with Crippen LogP contribution in [0.3, 0.4) is 0 Å². The molecule has 2 aromatic rings. The Balaban J connectivity index is 1.56. The summed E-state index contributed by atoms with van der Waals surface area (Å²) in [7, 11) is 0. The van der Waals surface area contributed by atoms with Crippen LogP contribution in [0.5, 0.6) is 0 Å². The van der Waals surface area contributed by atoms with E-state index in [0.717, 1.165) is 55.1 Å². The van der Waals surface area contributed by atoms with Gasteiger partial charge in [-0.15, -0.1) is 0 Å². The van der Waals surface area contributed by atoms with Gasteiger partial charge in [0.05, 0.1) is 0 Å². The van der Waals surface area contributed by atoms with Gasteiger partial charge in [-0.1, -0.05) is 43.2 Å². The number of barbiturate groups is 1. The highest BCUT2D eigenvalue weighted by Crippen LogP contribution is 2.33. The number of hydrogen-bond acceptors (Lipinski definition) is 4. The Bertz CT molecular complexity index is 1060. The van der Waals surface area contributed by atoms with Crippen LogP contribution < -0.4 is 10.2 Å². The van der Waals surface area contributed by atoms with Crippen LogP contribution in [0.2, 0.25) is 0 Å². The predicted molar refractivity (Wildman–Crippen MR) is 116 cm³/mol. The third-order valence-electron chi connectivity index (χ3n) is 6.50. The van der Waals surface area contributed by atoms with Crippen molar-refractivity contribution in [1.29, 1.82) is 0 Å². The zero-order valence-corrected chi connectivity index (χ0v) is 16.9. The standard InChI is InChI=1S/C24H25N3O3/c28-22-20(23(29)27(24(30)25-22)17-7-1-2-8-17)15-16-11-12-21(26-13-5-6-14-26)19-10-4-3-9-18(16)19/h3-4,9-12,15,17H,1-2,5-8,13-14H2,(H,25,28,30)/b20-15+. The number of amides is 4. The molecule has 0 aromatic heterocycles. The first-order valence-corrected chi connectivity index (χ1v) is 10.8. The third kappa shape index (κ3) is 3.16. The Labute approximate surface area is 175 Å². The fraction of sp³-hybridized carbons (Fsp3) is 0.375. The molecular weight excluding hydrogens is 378 g/mol. The van der Waals surface area contributed by atoms with Crippen molar-refractivity contribution < 1.29 is 14.4 Å². The molecule has 3 fully saturated rings. The van der Waals surface area contributed by atoms with E-state index in [4.69, 9.17) is 0 Å². The van der Waals surface area contributed by atoms with Crippen LogP contribution in [-0.2, 0) is 9.59 Å². The zero-order chi connectivity index (χ0) is 20.7. The van der Waals surface area contributed by atoms with Crippen LogP contribution in [0.1, 0.15) is 44.1 Å². The number of imide groups is 2. The second-order valence-electron chi connectivity index (χ2n) is 8.34. The molecule has 1 N–H and O–H groups in total. The molecule has 5 rings (SSSR count). The van der Waals surface area contributed by atoms with E-state index in [1.54, 1.807) is 6.08 Å². The van der Waals surface area contributed by atoms with E-state index in [0.29, 0.717) is 0 Å². The summed E-state index contributed by atoms with van der Waals surface area (Å²) in [6.07, 6.45) is 7.62. The number of nitrogens with zero attached hydrogens (tertiary/aromatic N) is 2. The van der Waals surface area contributed by atoms with Gasteiger partial charge in [-0.05, 0) is 48.8 Å². The summed E-state index contributed by atoms with van der Waals surface area (Å²) in [6.45, 7) is 2.09. The van der Waals surface area contributed by atoms with E-state index >= 15 is 0 Å². The number of carbonyl (C=O) groups is 3. The predicted octanol–water partition coefficient (Wildman–Crippen LogP) is 3.84. The summed E-state index contributed by atoms with van der Waals surface area (Å²) in [5.41, 5.74) is 2.03. The number of nitrogens with one attached hydrogen (secondary N) is 1. The number of anilines is 1. The van der Waals surface area contributed by atoms with Crippen molar-refractivity contribution >= 4 is 40.4 Å². The Kier molecular flexibility index (Phi) is 4.77. The largest absolute Gasteiger partial charge is 0.371 e. The molecular formula is C24H25N3O3. The van der Waals surface area contributed by atoms with Crippen molar-refractivity contribution in [3.05, 3.63) is 47.5 Å². The van der Waals surface area contributed by atoms with Crippen molar-refractivity contribution in [2.75, 3.05) is 18.0 Å². The quantitative estimate of drug-likeness (QED) is 0.624. The molecule has 154 valence electrons. The first kappa shape index (κ1) is 18.9. The smallest absolute Gasteiger partial charge is 0.331 e. The van der Waals surface area contributed by atoms with Crippen molar-refractivity contribution in [2.45, 2.75) is 44.6 Å². The lowest BCUT2D eigenvalue weighted by atomic mass is 9.98. The van der Waals surface area contributed by atoms with Gasteiger partial charge >= 0.3 is 6.03 Å². The molecule has 0 spiro atoms. The summed E-state index contributed by atoms with van der Waals surface area (Å²) in [4.78, 5) is 41.6. The van der Waals surface area contributed by atoms with Crippen molar-refractivity contribution in [3.8, 4) is 0 Å². The maximum absolute atomic E-state index is 13.1. The summed E-state index contributed by atoms with van der Waals surface area (Å²) in [5.74, 6) is -1.10. The van der Waals surface area contributed by atoms with Crippen LogP contribution in [0.15, 0.2) is 42.0 Å². The summed E-state index contributed by atoms with van der Waals surface area (Å²) >= 11 is 0. The molecule has 3 aliphatic rings. The van der Waals surface area contributed by atoms with Crippen LogP contribution in [0, 0.1) is 0 Å². The van der Waals surface area contributed by atoms with E-state index in [-0.39, 0.29) is 11.6 Å². The molecule has 0 radical (unpaired) electrons. The van der Waals surface area contributed by atoms with E-state index in [1.165, 1.54) is 23.4 Å².